The Morgan fingerprint density at radius 3 is 2.30 bits per heavy atom. The molecule has 0 radical (unpaired) electrons. The van der Waals surface area contributed by atoms with Gasteiger partial charge >= 0.3 is 0 Å². The number of rotatable bonds is 5. The predicted octanol–water partition coefficient (Wildman–Crippen LogP) is 1.71. The second-order valence-corrected chi connectivity index (χ2v) is 5.23. The molecule has 0 spiro atoms. The molecule has 106 valence electrons. The molecule has 5 nitrogen and oxygen atoms in total. The summed E-state index contributed by atoms with van der Waals surface area (Å²) in [5.74, 6) is 1.08. The van der Waals surface area contributed by atoms with Crippen molar-refractivity contribution < 1.29 is 19.4 Å². The number of para-hydroxylation sites is 1. The van der Waals surface area contributed by atoms with Crippen molar-refractivity contribution in [3.05, 3.63) is 42.5 Å². The summed E-state index contributed by atoms with van der Waals surface area (Å²) in [6, 6.07) is 12.7. The van der Waals surface area contributed by atoms with Gasteiger partial charge in [-0.1, -0.05) is 18.2 Å². The van der Waals surface area contributed by atoms with Gasteiger partial charge < -0.3 is 19.9 Å². The number of nitrogens with one attached hydrogen (secondary N) is 1. The van der Waals surface area contributed by atoms with Gasteiger partial charge in [0, 0.05) is 17.8 Å². The van der Waals surface area contributed by atoms with Crippen molar-refractivity contribution in [3.63, 3.8) is 0 Å². The third-order valence-corrected chi connectivity index (χ3v) is 3.89. The second-order valence-electron chi connectivity index (χ2n) is 4.05. The van der Waals surface area contributed by atoms with Crippen LogP contribution in [0.25, 0.3) is 0 Å². The van der Waals surface area contributed by atoms with Crippen LogP contribution in [0.2, 0.25) is 0 Å². The fraction of sp³-hybridized carbons (Fsp3) is 0.143. The number of benzene rings is 2. The minimum atomic E-state index is -1.45. The van der Waals surface area contributed by atoms with Gasteiger partial charge in [-0.3, -0.25) is 0 Å². The molecule has 1 atom stereocenters. The van der Waals surface area contributed by atoms with E-state index in [9.17, 15) is 4.21 Å². The zero-order chi connectivity index (χ0) is 14.5. The largest absolute Gasteiger partial charge is 0.495 e. The first-order valence-corrected chi connectivity index (χ1v) is 7.12. The van der Waals surface area contributed by atoms with Gasteiger partial charge in [0.2, 0.25) is 0 Å². The van der Waals surface area contributed by atoms with Crippen LogP contribution in [-0.2, 0) is 11.0 Å². The van der Waals surface area contributed by atoms with Crippen molar-refractivity contribution in [1.29, 1.82) is 0 Å². The van der Waals surface area contributed by atoms with Gasteiger partial charge in [0.25, 0.3) is 0 Å². The third-order valence-electron chi connectivity index (χ3n) is 2.75. The summed E-state index contributed by atoms with van der Waals surface area (Å²) < 4.78 is 25.8. The monoisotopic (exact) mass is 293 g/mol. The highest BCUT2D eigenvalue weighted by Gasteiger charge is 2.16. The lowest BCUT2D eigenvalue weighted by molar-refractivity contribution is -0.256. The van der Waals surface area contributed by atoms with Crippen LogP contribution >= 0.6 is 0 Å². The first kappa shape index (κ1) is 14.4. The Balaban J connectivity index is 2.33. The van der Waals surface area contributed by atoms with Crippen LogP contribution in [0.4, 0.5) is 11.4 Å². The molecule has 2 rings (SSSR count). The summed E-state index contributed by atoms with van der Waals surface area (Å²) in [5.41, 5.74) is 5.31. The lowest BCUT2D eigenvalue weighted by Crippen LogP contribution is -2.40. The molecule has 0 aliphatic heterocycles. The van der Waals surface area contributed by atoms with Crippen molar-refractivity contribution >= 4 is 22.4 Å². The van der Waals surface area contributed by atoms with Gasteiger partial charge in [-0.25, -0.2) is 4.21 Å². The maximum atomic E-state index is 12.4. The molecule has 2 aromatic carbocycles. The second kappa shape index (κ2) is 6.40. The van der Waals surface area contributed by atoms with E-state index in [1.165, 1.54) is 7.11 Å². The number of hydrogen-bond acceptors (Lipinski definition) is 3. The number of ether oxygens (including phenoxy) is 2. The van der Waals surface area contributed by atoms with Crippen LogP contribution in [0.3, 0.4) is 0 Å². The normalized spacial score (nSPS) is 11.8. The Bertz CT molecular complexity index is 617. The molecule has 0 heterocycles. The van der Waals surface area contributed by atoms with E-state index in [0.717, 1.165) is 5.69 Å². The molecule has 0 fully saturated rings. The van der Waals surface area contributed by atoms with Gasteiger partial charge in [0.05, 0.1) is 14.2 Å². The van der Waals surface area contributed by atoms with Crippen molar-refractivity contribution in [1.82, 2.24) is 0 Å². The maximum Gasteiger partial charge on any atom is 0.181 e. The maximum absolute atomic E-state index is 12.4. The van der Waals surface area contributed by atoms with Gasteiger partial charge in [-0.05, 0) is 12.1 Å². The summed E-state index contributed by atoms with van der Waals surface area (Å²) in [4.78, 5) is 0.514. The van der Waals surface area contributed by atoms with E-state index < -0.39 is 11.0 Å². The van der Waals surface area contributed by atoms with E-state index >= 15 is 0 Å². The third kappa shape index (κ3) is 3.09. The van der Waals surface area contributed by atoms with Crippen LogP contribution in [0, 0.1) is 0 Å². The molecular formula is C14H17N2O3S+. The van der Waals surface area contributed by atoms with Gasteiger partial charge in [-0.15, -0.1) is 0 Å². The summed E-state index contributed by atoms with van der Waals surface area (Å²) >= 11 is 0. The van der Waals surface area contributed by atoms with Crippen LogP contribution in [0.15, 0.2) is 47.4 Å². The number of anilines is 1. The van der Waals surface area contributed by atoms with Crippen LogP contribution in [-0.4, -0.2) is 18.4 Å². The van der Waals surface area contributed by atoms with Gasteiger partial charge in [-0.2, -0.15) is 0 Å². The fourth-order valence-electron chi connectivity index (χ4n) is 1.75. The van der Waals surface area contributed by atoms with Crippen LogP contribution in [0.1, 0.15) is 0 Å². The van der Waals surface area contributed by atoms with Crippen LogP contribution in [0.5, 0.6) is 11.5 Å². The van der Waals surface area contributed by atoms with E-state index in [4.69, 9.17) is 9.47 Å². The number of hydrogen-bond donors (Lipinski definition) is 2. The zero-order valence-corrected chi connectivity index (χ0v) is 12.2. The summed E-state index contributed by atoms with van der Waals surface area (Å²) in [6.07, 6.45) is 0. The van der Waals surface area contributed by atoms with Crippen LogP contribution < -0.4 is 19.9 Å². The molecule has 0 saturated heterocycles. The molecule has 0 aliphatic rings. The van der Waals surface area contributed by atoms with E-state index in [1.54, 1.807) is 19.2 Å². The first-order valence-electron chi connectivity index (χ1n) is 5.97. The average Bonchev–Trinajstić information content (AvgIpc) is 2.47. The number of quaternary nitrogens is 1. The molecule has 0 saturated carbocycles. The lowest BCUT2D eigenvalue weighted by atomic mass is 10.3. The Morgan fingerprint density at radius 2 is 1.70 bits per heavy atom. The highest BCUT2D eigenvalue weighted by molar-refractivity contribution is 7.86. The predicted molar refractivity (Wildman–Crippen MR) is 78.6 cm³/mol. The Morgan fingerprint density at radius 1 is 1.05 bits per heavy atom. The minimum absolute atomic E-state index is 0.512. The first-order chi connectivity index (χ1) is 9.65. The Hall–Kier alpha value is -2.05. The van der Waals surface area contributed by atoms with Gasteiger partial charge in [0.1, 0.15) is 10.6 Å². The average molecular weight is 293 g/mol. The topological polar surface area (TPSA) is 75.2 Å². The van der Waals surface area contributed by atoms with E-state index in [2.05, 4.69) is 10.5 Å². The fourth-order valence-corrected chi connectivity index (χ4v) is 2.75. The summed E-state index contributed by atoms with van der Waals surface area (Å²) in [6.45, 7) is 0. The minimum Gasteiger partial charge on any atom is -0.495 e. The summed E-state index contributed by atoms with van der Waals surface area (Å²) in [5, 5.41) is 0. The Labute approximate surface area is 120 Å². The molecule has 20 heavy (non-hydrogen) atoms. The molecular weight excluding hydrogens is 276 g/mol. The van der Waals surface area contributed by atoms with Crippen molar-refractivity contribution in [2.75, 3.05) is 18.9 Å². The Kier molecular flexibility index (Phi) is 4.60. The highest BCUT2D eigenvalue weighted by atomic mass is 32.2. The van der Waals surface area contributed by atoms with Gasteiger partial charge in [0.15, 0.2) is 22.4 Å². The smallest absolute Gasteiger partial charge is 0.181 e. The molecule has 2 aromatic rings. The molecule has 1 unspecified atom stereocenters. The number of methoxy groups -OCH3 is 2. The van der Waals surface area contributed by atoms with Crippen molar-refractivity contribution in [2.45, 2.75) is 4.90 Å². The highest BCUT2D eigenvalue weighted by Crippen LogP contribution is 2.32. The SMILES string of the molecule is COc1cc(S(=O)Nc2ccccc2)c(OC)cc1[NH3+]. The molecule has 4 N–H and O–H groups in total. The quantitative estimate of drug-likeness (QED) is 0.881. The van der Waals surface area contributed by atoms with Crippen molar-refractivity contribution in [3.8, 4) is 11.5 Å². The lowest BCUT2D eigenvalue weighted by Gasteiger charge is -2.12. The molecule has 0 aromatic heterocycles. The van der Waals surface area contributed by atoms with E-state index in [1.807, 2.05) is 30.3 Å². The molecule has 6 heteroatoms. The summed E-state index contributed by atoms with van der Waals surface area (Å²) in [7, 11) is 1.63. The molecule has 0 bridgehead atoms. The van der Waals surface area contributed by atoms with E-state index in [-0.39, 0.29) is 0 Å². The molecule has 0 aliphatic carbocycles. The molecule has 0 amide bonds. The van der Waals surface area contributed by atoms with Crippen molar-refractivity contribution in [2.24, 2.45) is 0 Å². The zero-order valence-electron chi connectivity index (χ0n) is 11.4. The van der Waals surface area contributed by atoms with E-state index in [0.29, 0.717) is 22.1 Å². The standard InChI is InChI=1S/C14H16N2O3S/c1-18-12-9-14(13(19-2)8-11(12)15)20(17)16-10-6-4-3-5-7-10/h3-9,16H,15H2,1-2H3/p+1.